The zero-order valence-corrected chi connectivity index (χ0v) is 22.0. The largest absolute Gasteiger partial charge is 0.484 e. The van der Waals surface area contributed by atoms with Crippen molar-refractivity contribution in [1.82, 2.24) is 19.7 Å². The second kappa shape index (κ2) is 10.5. The number of alkyl halides is 2. The van der Waals surface area contributed by atoms with Gasteiger partial charge in [-0.3, -0.25) is 14.4 Å². The number of nitrogens with two attached hydrogens (primary N) is 1. The summed E-state index contributed by atoms with van der Waals surface area (Å²) in [5.41, 5.74) is 9.84. The van der Waals surface area contributed by atoms with Crippen LogP contribution in [0.4, 0.5) is 24.7 Å². The van der Waals surface area contributed by atoms with Gasteiger partial charge < -0.3 is 10.5 Å². The Bertz CT molecular complexity index is 1800. The number of anilines is 2. The topological polar surface area (TPSA) is 125 Å². The lowest BCUT2D eigenvalue weighted by molar-refractivity contribution is 0.228. The number of aromatic nitrogens is 4. The summed E-state index contributed by atoms with van der Waals surface area (Å²) >= 11 is 0. The number of fused-ring (bicyclic) bond motifs is 1. The first kappa shape index (κ1) is 26.9. The molecule has 13 heteroatoms. The molecule has 0 saturated heterocycles. The predicted octanol–water partition coefficient (Wildman–Crippen LogP) is 5.52. The molecular formula is C27H23F3N6O3S. The van der Waals surface area contributed by atoms with Crippen molar-refractivity contribution >= 4 is 32.4 Å². The number of aryl methyl sites for hydroxylation is 1. The second-order valence-corrected chi connectivity index (χ2v) is 10.6. The number of hydrogen-bond donors (Lipinski definition) is 2. The standard InChI is InChI=1S/C27H23F3N6O3S/c1-15(16-3-6-19(28)7-4-16)39-22-13-18(5-8-21(22)35-40(37,38)27(29)30)24-23-25(36(2)34-24)20(14-33-26(23)31)17-9-11-32-12-10-17/h3-15,27,35H,1-2H3,(H2,31,33)/t15-/m0/s1. The van der Waals surface area contributed by atoms with Gasteiger partial charge in [0.15, 0.2) is 0 Å². The number of nitrogens with zero attached hydrogens (tertiary/aromatic N) is 4. The maximum Gasteiger partial charge on any atom is 0.355 e. The Hall–Kier alpha value is -4.65. The van der Waals surface area contributed by atoms with Gasteiger partial charge in [0.2, 0.25) is 0 Å². The van der Waals surface area contributed by atoms with Crippen LogP contribution in [0.2, 0.25) is 0 Å². The maximum atomic E-state index is 13.4. The summed E-state index contributed by atoms with van der Waals surface area (Å²) in [7, 11) is -3.25. The van der Waals surface area contributed by atoms with Crippen molar-refractivity contribution in [2.45, 2.75) is 18.8 Å². The molecular weight excluding hydrogens is 545 g/mol. The van der Waals surface area contributed by atoms with Crippen LogP contribution in [-0.4, -0.2) is 33.9 Å². The fourth-order valence-corrected chi connectivity index (χ4v) is 4.89. The quantitative estimate of drug-likeness (QED) is 0.252. The predicted molar refractivity (Wildman–Crippen MR) is 146 cm³/mol. The van der Waals surface area contributed by atoms with Gasteiger partial charge in [0, 0.05) is 36.8 Å². The number of ether oxygens (including phenoxy) is 1. The van der Waals surface area contributed by atoms with Gasteiger partial charge in [0.05, 0.1) is 16.6 Å². The number of pyridine rings is 2. The SMILES string of the molecule is C[C@H](Oc1cc(-c2nn(C)c3c(-c4ccncc4)cnc(N)c23)ccc1NS(=O)(=O)C(F)F)c1ccc(F)cc1. The number of sulfonamides is 1. The van der Waals surface area contributed by atoms with Crippen LogP contribution in [0, 0.1) is 5.82 Å². The summed E-state index contributed by atoms with van der Waals surface area (Å²) in [4.78, 5) is 8.41. The van der Waals surface area contributed by atoms with Crippen LogP contribution in [0.15, 0.2) is 73.2 Å². The van der Waals surface area contributed by atoms with E-state index in [4.69, 9.17) is 10.5 Å². The smallest absolute Gasteiger partial charge is 0.355 e. The fraction of sp³-hybridized carbons (Fsp3) is 0.148. The number of nitrogens with one attached hydrogen (secondary N) is 1. The molecule has 0 bridgehead atoms. The number of halogens is 3. The molecule has 0 amide bonds. The molecule has 40 heavy (non-hydrogen) atoms. The highest BCUT2D eigenvalue weighted by Gasteiger charge is 2.27. The van der Waals surface area contributed by atoms with Gasteiger partial charge in [-0.1, -0.05) is 18.2 Å². The van der Waals surface area contributed by atoms with Gasteiger partial charge >= 0.3 is 5.76 Å². The van der Waals surface area contributed by atoms with E-state index in [0.29, 0.717) is 27.7 Å². The van der Waals surface area contributed by atoms with Gasteiger partial charge in [-0.25, -0.2) is 17.8 Å². The van der Waals surface area contributed by atoms with Crippen LogP contribution < -0.4 is 15.2 Å². The van der Waals surface area contributed by atoms with E-state index in [1.807, 2.05) is 16.9 Å². The molecule has 0 fully saturated rings. The highest BCUT2D eigenvalue weighted by molar-refractivity contribution is 7.93. The summed E-state index contributed by atoms with van der Waals surface area (Å²) in [5, 5.41) is 5.19. The minimum Gasteiger partial charge on any atom is -0.484 e. The molecule has 1 atom stereocenters. The minimum absolute atomic E-state index is 0.0471. The number of hydrogen-bond acceptors (Lipinski definition) is 7. The Morgan fingerprint density at radius 1 is 1.02 bits per heavy atom. The van der Waals surface area contributed by atoms with Crippen molar-refractivity contribution in [3.8, 4) is 28.1 Å². The second-order valence-electron chi connectivity index (χ2n) is 8.92. The van der Waals surface area contributed by atoms with E-state index in [2.05, 4.69) is 15.1 Å². The maximum absolute atomic E-state index is 13.4. The van der Waals surface area contributed by atoms with Crippen molar-refractivity contribution in [2.75, 3.05) is 10.5 Å². The summed E-state index contributed by atoms with van der Waals surface area (Å²) in [6, 6.07) is 13.5. The third-order valence-electron chi connectivity index (χ3n) is 6.27. The van der Waals surface area contributed by atoms with Crippen molar-refractivity contribution in [3.05, 3.63) is 84.6 Å². The lowest BCUT2D eigenvalue weighted by Gasteiger charge is -2.19. The fourth-order valence-electron chi connectivity index (χ4n) is 4.32. The van der Waals surface area contributed by atoms with E-state index in [1.54, 1.807) is 37.2 Å². The minimum atomic E-state index is -5.00. The van der Waals surface area contributed by atoms with Crippen molar-refractivity contribution in [1.29, 1.82) is 0 Å². The molecule has 0 aliphatic rings. The molecule has 0 spiro atoms. The van der Waals surface area contributed by atoms with Crippen LogP contribution in [0.3, 0.4) is 0 Å². The molecule has 0 aliphatic carbocycles. The van der Waals surface area contributed by atoms with Gasteiger partial charge in [-0.15, -0.1) is 0 Å². The molecule has 2 aromatic carbocycles. The van der Waals surface area contributed by atoms with Gasteiger partial charge in [0.1, 0.15) is 29.2 Å². The Morgan fingerprint density at radius 2 is 1.73 bits per heavy atom. The first-order valence-electron chi connectivity index (χ1n) is 11.9. The van der Waals surface area contributed by atoms with Crippen molar-refractivity contribution < 1.29 is 26.3 Å². The zero-order chi connectivity index (χ0) is 28.6. The van der Waals surface area contributed by atoms with Crippen molar-refractivity contribution in [2.24, 2.45) is 7.05 Å². The number of nitrogen functional groups attached to an aromatic ring is 1. The summed E-state index contributed by atoms with van der Waals surface area (Å²) in [6.07, 6.45) is 4.25. The van der Waals surface area contributed by atoms with Crippen LogP contribution >= 0.6 is 0 Å². The summed E-state index contributed by atoms with van der Waals surface area (Å²) in [6.45, 7) is 1.66. The number of rotatable bonds is 8. The van der Waals surface area contributed by atoms with E-state index in [9.17, 15) is 21.6 Å². The molecule has 0 radical (unpaired) electrons. The van der Waals surface area contributed by atoms with Gasteiger partial charge in [-0.2, -0.15) is 13.9 Å². The lowest BCUT2D eigenvalue weighted by Crippen LogP contribution is -2.21. The highest BCUT2D eigenvalue weighted by Crippen LogP contribution is 2.40. The Morgan fingerprint density at radius 3 is 2.40 bits per heavy atom. The molecule has 0 aliphatic heterocycles. The molecule has 206 valence electrons. The first-order valence-corrected chi connectivity index (χ1v) is 13.5. The monoisotopic (exact) mass is 568 g/mol. The van der Waals surface area contributed by atoms with Crippen LogP contribution in [-0.2, 0) is 17.1 Å². The molecule has 5 rings (SSSR count). The van der Waals surface area contributed by atoms with Crippen LogP contribution in [0.5, 0.6) is 5.75 Å². The molecule has 9 nitrogen and oxygen atoms in total. The van der Waals surface area contributed by atoms with Gasteiger partial charge in [-0.05, 0) is 54.4 Å². The average molecular weight is 569 g/mol. The van der Waals surface area contributed by atoms with E-state index >= 15 is 0 Å². The third kappa shape index (κ3) is 5.15. The molecule has 3 heterocycles. The summed E-state index contributed by atoms with van der Waals surface area (Å²) < 4.78 is 73.3. The number of benzene rings is 2. The Balaban J connectivity index is 1.64. The van der Waals surface area contributed by atoms with E-state index in [0.717, 1.165) is 11.1 Å². The molecule has 3 N–H and O–H groups in total. The lowest BCUT2D eigenvalue weighted by atomic mass is 10.0. The molecule has 0 unspecified atom stereocenters. The first-order chi connectivity index (χ1) is 19.0. The van der Waals surface area contributed by atoms with E-state index in [1.165, 1.54) is 42.5 Å². The van der Waals surface area contributed by atoms with Gasteiger partial charge in [0.25, 0.3) is 10.0 Å². The molecule has 3 aromatic heterocycles. The Kier molecular flexibility index (Phi) is 7.06. The van der Waals surface area contributed by atoms with Crippen LogP contribution in [0.1, 0.15) is 18.6 Å². The summed E-state index contributed by atoms with van der Waals surface area (Å²) in [5.74, 6) is -3.94. The average Bonchev–Trinajstić information content (AvgIpc) is 3.28. The zero-order valence-electron chi connectivity index (χ0n) is 21.2. The van der Waals surface area contributed by atoms with Crippen molar-refractivity contribution in [3.63, 3.8) is 0 Å². The Labute approximate surface area is 227 Å². The van der Waals surface area contributed by atoms with E-state index in [-0.39, 0.29) is 17.3 Å². The molecule has 5 aromatic rings. The highest BCUT2D eigenvalue weighted by atomic mass is 32.2. The van der Waals surface area contributed by atoms with Crippen LogP contribution in [0.25, 0.3) is 33.3 Å². The normalized spacial score (nSPS) is 12.6. The third-order valence-corrected chi connectivity index (χ3v) is 7.24. The molecule has 0 saturated carbocycles. The van der Waals surface area contributed by atoms with E-state index < -0.39 is 27.7 Å².